The van der Waals surface area contributed by atoms with Crippen molar-refractivity contribution in [2.75, 3.05) is 0 Å². The molecule has 0 aromatic heterocycles. The van der Waals surface area contributed by atoms with E-state index in [1.54, 1.807) is 0 Å². The van der Waals surface area contributed by atoms with Gasteiger partial charge in [-0.25, -0.2) is 4.79 Å². The van der Waals surface area contributed by atoms with Crippen LogP contribution < -0.4 is 0 Å². The van der Waals surface area contributed by atoms with Gasteiger partial charge in [-0.05, 0) is 43.0 Å². The molecule has 0 spiro atoms. The van der Waals surface area contributed by atoms with Gasteiger partial charge in [0, 0.05) is 0 Å². The highest BCUT2D eigenvalue weighted by molar-refractivity contribution is 6.44. The predicted molar refractivity (Wildman–Crippen MR) is 93.6 cm³/mol. The molecule has 0 aliphatic carbocycles. The molecule has 1 heterocycles. The van der Waals surface area contributed by atoms with Crippen molar-refractivity contribution in [3.63, 3.8) is 0 Å². The Hall–Kier alpha value is -2.95. The summed E-state index contributed by atoms with van der Waals surface area (Å²) >= 11 is 0. The normalized spacial score (nSPS) is 14.6. The molecule has 1 aliphatic heterocycles. The van der Waals surface area contributed by atoms with Crippen LogP contribution in [-0.4, -0.2) is 27.6 Å². The Balaban J connectivity index is 1.85. The summed E-state index contributed by atoms with van der Waals surface area (Å²) < 4.78 is 0. The number of urea groups is 1. The number of amides is 4. The van der Waals surface area contributed by atoms with Crippen LogP contribution in [0.3, 0.4) is 0 Å². The van der Waals surface area contributed by atoms with E-state index in [0.29, 0.717) is 0 Å². The smallest absolute Gasteiger partial charge is 0.263 e. The molecule has 0 bridgehead atoms. The zero-order chi connectivity index (χ0) is 18.1. The molecule has 1 aliphatic rings. The summed E-state index contributed by atoms with van der Waals surface area (Å²) in [6, 6.07) is 12.6. The molecule has 0 radical (unpaired) electrons. The van der Waals surface area contributed by atoms with Gasteiger partial charge in [0.05, 0.1) is 13.1 Å². The largest absolute Gasteiger partial charge is 0.334 e. The summed E-state index contributed by atoms with van der Waals surface area (Å²) in [6.45, 7) is 6.12. The van der Waals surface area contributed by atoms with Gasteiger partial charge in [-0.3, -0.25) is 19.4 Å². The Labute approximate surface area is 146 Å². The van der Waals surface area contributed by atoms with Crippen LogP contribution in [0.15, 0.2) is 42.5 Å². The molecule has 2 aromatic carbocycles. The second-order valence-corrected chi connectivity index (χ2v) is 6.43. The highest BCUT2D eigenvalue weighted by atomic mass is 16.2. The SMILES string of the molecule is Cc1cc(C)c(CN2C(=O)C(=O)N(Cc3ccccc3)C2=O)c(C)c1. The number of aryl methyl sites for hydroxylation is 3. The number of imide groups is 2. The van der Waals surface area contributed by atoms with Crippen LogP contribution in [0.25, 0.3) is 0 Å². The Morgan fingerprint density at radius 1 is 0.760 bits per heavy atom. The van der Waals surface area contributed by atoms with Gasteiger partial charge in [-0.2, -0.15) is 0 Å². The van der Waals surface area contributed by atoms with Crippen molar-refractivity contribution in [2.45, 2.75) is 33.9 Å². The lowest BCUT2D eigenvalue weighted by Crippen LogP contribution is -2.33. The maximum atomic E-state index is 12.6. The van der Waals surface area contributed by atoms with Crippen LogP contribution in [0.4, 0.5) is 4.79 Å². The van der Waals surface area contributed by atoms with Crippen LogP contribution in [0.1, 0.15) is 27.8 Å². The van der Waals surface area contributed by atoms with Gasteiger partial charge in [0.2, 0.25) is 0 Å². The molecule has 1 fully saturated rings. The van der Waals surface area contributed by atoms with Gasteiger partial charge in [-0.1, -0.05) is 48.0 Å². The standard InChI is InChI=1S/C20H20N2O3/c1-13-9-14(2)17(15(3)10-13)12-22-19(24)18(23)21(20(22)25)11-16-7-5-4-6-8-16/h4-10H,11-12H2,1-3H3. The highest BCUT2D eigenvalue weighted by Crippen LogP contribution is 2.23. The monoisotopic (exact) mass is 336 g/mol. The zero-order valence-electron chi connectivity index (χ0n) is 14.6. The van der Waals surface area contributed by atoms with Crippen molar-refractivity contribution in [1.82, 2.24) is 9.80 Å². The number of nitrogens with zero attached hydrogens (tertiary/aromatic N) is 2. The van der Waals surface area contributed by atoms with Gasteiger partial charge in [0.15, 0.2) is 0 Å². The fraction of sp³-hybridized carbons (Fsp3) is 0.250. The van der Waals surface area contributed by atoms with Crippen LogP contribution >= 0.6 is 0 Å². The minimum absolute atomic E-state index is 0.104. The van der Waals surface area contributed by atoms with Gasteiger partial charge in [-0.15, -0.1) is 0 Å². The van der Waals surface area contributed by atoms with Crippen molar-refractivity contribution in [1.29, 1.82) is 0 Å². The van der Waals surface area contributed by atoms with Gasteiger partial charge >= 0.3 is 17.8 Å². The summed E-state index contributed by atoms with van der Waals surface area (Å²) in [6.07, 6.45) is 0. The average Bonchev–Trinajstić information content (AvgIpc) is 2.76. The molecule has 0 saturated carbocycles. The van der Waals surface area contributed by atoms with Crippen molar-refractivity contribution in [2.24, 2.45) is 0 Å². The maximum absolute atomic E-state index is 12.6. The first-order chi connectivity index (χ1) is 11.9. The number of rotatable bonds is 4. The van der Waals surface area contributed by atoms with E-state index in [2.05, 4.69) is 0 Å². The van der Waals surface area contributed by atoms with Crippen molar-refractivity contribution >= 4 is 17.8 Å². The van der Waals surface area contributed by atoms with Crippen molar-refractivity contribution < 1.29 is 14.4 Å². The Kier molecular flexibility index (Phi) is 4.40. The van der Waals surface area contributed by atoms with E-state index in [0.717, 1.165) is 37.6 Å². The minimum atomic E-state index is -0.767. The molecule has 2 aromatic rings. The summed E-state index contributed by atoms with van der Waals surface area (Å²) in [5, 5.41) is 0. The van der Waals surface area contributed by atoms with Crippen molar-refractivity contribution in [3.05, 3.63) is 70.3 Å². The fourth-order valence-electron chi connectivity index (χ4n) is 3.21. The summed E-state index contributed by atoms with van der Waals surface area (Å²) in [4.78, 5) is 39.3. The quantitative estimate of drug-likeness (QED) is 0.637. The number of hydrogen-bond donors (Lipinski definition) is 0. The molecule has 3 rings (SSSR count). The molecule has 1 saturated heterocycles. The molecule has 0 atom stereocenters. The topological polar surface area (TPSA) is 57.7 Å². The molecule has 5 heteroatoms. The fourth-order valence-corrected chi connectivity index (χ4v) is 3.21. The van der Waals surface area contributed by atoms with E-state index in [-0.39, 0.29) is 13.1 Å². The van der Waals surface area contributed by atoms with Gasteiger partial charge in [0.25, 0.3) is 0 Å². The summed E-state index contributed by atoms with van der Waals surface area (Å²) in [5.74, 6) is -1.53. The molecule has 0 N–H and O–H groups in total. The Morgan fingerprint density at radius 3 is 1.84 bits per heavy atom. The van der Waals surface area contributed by atoms with Crippen LogP contribution in [0, 0.1) is 20.8 Å². The third kappa shape index (κ3) is 3.18. The lowest BCUT2D eigenvalue weighted by atomic mass is 9.99. The molecule has 4 amide bonds. The summed E-state index contributed by atoms with van der Waals surface area (Å²) in [5.41, 5.74) is 4.85. The van der Waals surface area contributed by atoms with E-state index in [1.807, 2.05) is 63.2 Å². The van der Waals surface area contributed by atoms with Gasteiger partial charge in [0.1, 0.15) is 0 Å². The molecule has 25 heavy (non-hydrogen) atoms. The lowest BCUT2D eigenvalue weighted by molar-refractivity contribution is -0.143. The second-order valence-electron chi connectivity index (χ2n) is 6.43. The van der Waals surface area contributed by atoms with E-state index >= 15 is 0 Å². The number of carbonyl (C=O) groups is 3. The second kappa shape index (κ2) is 6.51. The third-order valence-electron chi connectivity index (χ3n) is 4.48. The molecular formula is C20H20N2O3. The first-order valence-electron chi connectivity index (χ1n) is 8.16. The van der Waals surface area contributed by atoms with Gasteiger partial charge < -0.3 is 0 Å². The van der Waals surface area contributed by atoms with Crippen molar-refractivity contribution in [3.8, 4) is 0 Å². The first-order valence-corrected chi connectivity index (χ1v) is 8.16. The van der Waals surface area contributed by atoms with E-state index < -0.39 is 17.8 Å². The molecule has 0 unspecified atom stereocenters. The van der Waals surface area contributed by atoms with E-state index in [9.17, 15) is 14.4 Å². The average molecular weight is 336 g/mol. The highest BCUT2D eigenvalue weighted by Gasteiger charge is 2.44. The van der Waals surface area contributed by atoms with E-state index in [1.165, 1.54) is 0 Å². The number of carbonyl (C=O) groups excluding carboxylic acids is 3. The molecule has 5 nitrogen and oxygen atoms in total. The van der Waals surface area contributed by atoms with E-state index in [4.69, 9.17) is 0 Å². The Morgan fingerprint density at radius 2 is 1.28 bits per heavy atom. The lowest BCUT2D eigenvalue weighted by Gasteiger charge is -2.18. The first kappa shape index (κ1) is 16.9. The van der Waals surface area contributed by atoms with Crippen LogP contribution in [0.2, 0.25) is 0 Å². The summed E-state index contributed by atoms with van der Waals surface area (Å²) in [7, 11) is 0. The number of benzene rings is 2. The predicted octanol–water partition coefficient (Wildman–Crippen LogP) is 3.10. The molecular weight excluding hydrogens is 316 g/mol. The van der Waals surface area contributed by atoms with Crippen LogP contribution in [-0.2, 0) is 22.7 Å². The van der Waals surface area contributed by atoms with Crippen LogP contribution in [0.5, 0.6) is 0 Å². The third-order valence-corrected chi connectivity index (χ3v) is 4.48. The Bertz CT molecular complexity index is 835. The molecule has 128 valence electrons. The number of hydrogen-bond acceptors (Lipinski definition) is 3. The zero-order valence-corrected chi connectivity index (χ0v) is 14.6. The minimum Gasteiger partial charge on any atom is -0.263 e. The maximum Gasteiger partial charge on any atom is 0.334 e.